The van der Waals surface area contributed by atoms with Gasteiger partial charge < -0.3 is 13.9 Å². The van der Waals surface area contributed by atoms with Crippen molar-refractivity contribution in [3.63, 3.8) is 0 Å². The van der Waals surface area contributed by atoms with Crippen LogP contribution in [0.4, 0.5) is 0 Å². The molecule has 0 aliphatic carbocycles. The van der Waals surface area contributed by atoms with Gasteiger partial charge in [-0.2, -0.15) is 0 Å². The number of aromatic nitrogens is 3. The largest absolute Gasteiger partial charge is 0.459 e. The molecule has 4 rings (SSSR count). The summed E-state index contributed by atoms with van der Waals surface area (Å²) in [4.78, 5) is 17.1. The van der Waals surface area contributed by atoms with Crippen molar-refractivity contribution in [1.29, 1.82) is 0 Å². The Hall–Kier alpha value is -2.15. The molecule has 0 aromatic carbocycles. The quantitative estimate of drug-likeness (QED) is 0.842. The number of hydrogen-bond acceptors (Lipinski definition) is 5. The van der Waals surface area contributed by atoms with Gasteiger partial charge in [0.05, 0.1) is 6.26 Å². The topological polar surface area (TPSA) is 67.4 Å². The highest BCUT2D eigenvalue weighted by Crippen LogP contribution is 2.49. The molecule has 2 fully saturated rings. The van der Waals surface area contributed by atoms with Gasteiger partial charge in [0, 0.05) is 45.2 Å². The number of furan rings is 1. The first-order valence-electron chi connectivity index (χ1n) is 9.41. The minimum atomic E-state index is -0.00114. The lowest BCUT2D eigenvalue weighted by Crippen LogP contribution is -2.46. The minimum absolute atomic E-state index is 0.00114. The van der Waals surface area contributed by atoms with E-state index >= 15 is 0 Å². The Morgan fingerprint density at radius 1 is 1.35 bits per heavy atom. The second kappa shape index (κ2) is 6.54. The maximum absolute atomic E-state index is 12.6. The van der Waals surface area contributed by atoms with Gasteiger partial charge in [0.1, 0.15) is 12.2 Å². The van der Waals surface area contributed by atoms with Crippen LogP contribution in [0, 0.1) is 5.41 Å². The zero-order chi connectivity index (χ0) is 18.3. The highest BCUT2D eigenvalue weighted by molar-refractivity contribution is 5.91. The Balaban J connectivity index is 1.55. The molecule has 1 unspecified atom stereocenters. The molecule has 1 amide bonds. The van der Waals surface area contributed by atoms with Crippen molar-refractivity contribution in [3.05, 3.63) is 36.3 Å². The van der Waals surface area contributed by atoms with E-state index in [2.05, 4.69) is 33.5 Å². The van der Waals surface area contributed by atoms with Crippen molar-refractivity contribution < 1.29 is 9.21 Å². The average molecular weight is 357 g/mol. The lowest BCUT2D eigenvalue weighted by molar-refractivity contribution is 0.0521. The van der Waals surface area contributed by atoms with Crippen LogP contribution >= 0.6 is 0 Å². The van der Waals surface area contributed by atoms with Gasteiger partial charge in [-0.15, -0.1) is 10.2 Å². The van der Waals surface area contributed by atoms with Crippen LogP contribution < -0.4 is 0 Å². The summed E-state index contributed by atoms with van der Waals surface area (Å²) in [5.41, 5.74) is 0.158. The third kappa shape index (κ3) is 2.84. The fourth-order valence-electron chi connectivity index (χ4n) is 4.58. The molecule has 2 aromatic heterocycles. The summed E-state index contributed by atoms with van der Waals surface area (Å²) >= 11 is 0. The maximum Gasteiger partial charge on any atom is 0.289 e. The number of aryl methyl sites for hydroxylation is 1. The van der Waals surface area contributed by atoms with Gasteiger partial charge in [-0.3, -0.25) is 9.69 Å². The summed E-state index contributed by atoms with van der Waals surface area (Å²) in [6.45, 7) is 8.10. The van der Waals surface area contributed by atoms with Crippen LogP contribution in [0.2, 0.25) is 0 Å². The fraction of sp³-hybridized carbons (Fsp3) is 0.632. The van der Waals surface area contributed by atoms with Gasteiger partial charge in [0.25, 0.3) is 5.91 Å². The second-order valence-corrected chi connectivity index (χ2v) is 8.01. The van der Waals surface area contributed by atoms with Crippen LogP contribution in [0.15, 0.2) is 29.1 Å². The van der Waals surface area contributed by atoms with Gasteiger partial charge in [-0.05, 0) is 44.2 Å². The van der Waals surface area contributed by atoms with Crippen molar-refractivity contribution >= 4 is 5.91 Å². The first-order valence-corrected chi connectivity index (χ1v) is 9.41. The zero-order valence-electron chi connectivity index (χ0n) is 15.8. The van der Waals surface area contributed by atoms with Crippen molar-refractivity contribution in [2.24, 2.45) is 12.5 Å². The summed E-state index contributed by atoms with van der Waals surface area (Å²) in [5, 5.41) is 8.54. The molecular formula is C19H27N5O2. The van der Waals surface area contributed by atoms with E-state index in [1.165, 1.54) is 0 Å². The van der Waals surface area contributed by atoms with Gasteiger partial charge in [0.2, 0.25) is 0 Å². The number of carbonyl (C=O) groups excluding carboxylic acids is 1. The number of hydrogen-bond donors (Lipinski definition) is 0. The summed E-state index contributed by atoms with van der Waals surface area (Å²) in [6, 6.07) is 4.01. The van der Waals surface area contributed by atoms with Crippen molar-refractivity contribution in [2.75, 3.05) is 26.2 Å². The number of amides is 1. The van der Waals surface area contributed by atoms with E-state index in [1.807, 2.05) is 11.9 Å². The standard InChI is InChI=1S/C19H27N5O2/c1-14(2)24-11-15(17-21-20-13-22(17)3)19(12-24)6-8-23(9-7-19)18(25)16-5-4-10-26-16/h4-5,10,13-15H,6-9,11-12H2,1-3H3. The molecule has 0 N–H and O–H groups in total. The van der Waals surface area contributed by atoms with Crippen molar-refractivity contribution in [2.45, 2.75) is 38.6 Å². The lowest BCUT2D eigenvalue weighted by Gasteiger charge is -2.42. The SMILES string of the molecule is CC(C)N1CC(c2nncn2C)C2(CCN(C(=O)c3ccco3)CC2)C1. The monoisotopic (exact) mass is 357 g/mol. The Bertz CT molecular complexity index is 759. The van der Waals surface area contributed by atoms with Crippen molar-refractivity contribution in [1.82, 2.24) is 24.6 Å². The predicted molar refractivity (Wildman–Crippen MR) is 96.7 cm³/mol. The zero-order valence-corrected chi connectivity index (χ0v) is 15.8. The van der Waals surface area contributed by atoms with E-state index in [0.717, 1.165) is 44.8 Å². The van der Waals surface area contributed by atoms with Crippen LogP contribution in [0.3, 0.4) is 0 Å². The molecule has 4 heterocycles. The van der Waals surface area contributed by atoms with Gasteiger partial charge in [0.15, 0.2) is 5.76 Å². The van der Waals surface area contributed by atoms with Crippen LogP contribution in [-0.2, 0) is 7.05 Å². The Morgan fingerprint density at radius 3 is 2.69 bits per heavy atom. The number of carbonyl (C=O) groups is 1. The van der Waals surface area contributed by atoms with E-state index in [0.29, 0.717) is 17.7 Å². The van der Waals surface area contributed by atoms with Crippen LogP contribution in [0.5, 0.6) is 0 Å². The van der Waals surface area contributed by atoms with Gasteiger partial charge in [-0.25, -0.2) is 0 Å². The molecule has 7 heteroatoms. The Kier molecular flexibility index (Phi) is 4.34. The molecule has 0 saturated carbocycles. The van der Waals surface area contributed by atoms with Crippen LogP contribution in [-0.4, -0.2) is 62.7 Å². The molecule has 2 saturated heterocycles. The summed E-state index contributed by atoms with van der Waals surface area (Å²) in [5.74, 6) is 1.86. The average Bonchev–Trinajstić information content (AvgIpc) is 3.35. The molecular weight excluding hydrogens is 330 g/mol. The molecule has 0 radical (unpaired) electrons. The van der Waals surface area contributed by atoms with E-state index in [-0.39, 0.29) is 11.3 Å². The molecule has 26 heavy (non-hydrogen) atoms. The minimum Gasteiger partial charge on any atom is -0.459 e. The highest BCUT2D eigenvalue weighted by atomic mass is 16.3. The number of nitrogens with zero attached hydrogens (tertiary/aromatic N) is 5. The summed E-state index contributed by atoms with van der Waals surface area (Å²) in [6.07, 6.45) is 5.32. The lowest BCUT2D eigenvalue weighted by atomic mass is 9.70. The number of piperidine rings is 1. The third-order valence-corrected chi connectivity index (χ3v) is 6.24. The van der Waals surface area contributed by atoms with Crippen molar-refractivity contribution in [3.8, 4) is 0 Å². The Labute approximate surface area is 154 Å². The molecule has 0 bridgehead atoms. The predicted octanol–water partition coefficient (Wildman–Crippen LogP) is 2.14. The molecule has 140 valence electrons. The maximum atomic E-state index is 12.6. The summed E-state index contributed by atoms with van der Waals surface area (Å²) in [7, 11) is 2.02. The fourth-order valence-corrected chi connectivity index (χ4v) is 4.58. The smallest absolute Gasteiger partial charge is 0.289 e. The van der Waals surface area contributed by atoms with E-state index in [1.54, 1.807) is 24.7 Å². The molecule has 2 aliphatic heterocycles. The number of likely N-dealkylation sites (tertiary alicyclic amines) is 2. The van der Waals surface area contributed by atoms with Crippen LogP contribution in [0.1, 0.15) is 49.0 Å². The molecule has 7 nitrogen and oxygen atoms in total. The highest BCUT2D eigenvalue weighted by Gasteiger charge is 2.51. The first-order chi connectivity index (χ1) is 12.5. The normalized spacial score (nSPS) is 23.2. The Morgan fingerprint density at radius 2 is 2.12 bits per heavy atom. The summed E-state index contributed by atoms with van der Waals surface area (Å²) < 4.78 is 7.34. The van der Waals surface area contributed by atoms with Gasteiger partial charge >= 0.3 is 0 Å². The first kappa shape index (κ1) is 17.3. The molecule has 1 atom stereocenters. The van der Waals surface area contributed by atoms with E-state index in [4.69, 9.17) is 4.42 Å². The third-order valence-electron chi connectivity index (χ3n) is 6.24. The number of rotatable bonds is 3. The molecule has 2 aliphatic rings. The molecule has 2 aromatic rings. The second-order valence-electron chi connectivity index (χ2n) is 8.01. The van der Waals surface area contributed by atoms with Crippen LogP contribution in [0.25, 0.3) is 0 Å². The van der Waals surface area contributed by atoms with E-state index < -0.39 is 0 Å². The van der Waals surface area contributed by atoms with Gasteiger partial charge in [-0.1, -0.05) is 0 Å². The van der Waals surface area contributed by atoms with E-state index in [9.17, 15) is 4.79 Å². The molecule has 1 spiro atoms.